The van der Waals surface area contributed by atoms with Crippen LogP contribution in [0.2, 0.25) is 0 Å². The Bertz CT molecular complexity index is 882. The summed E-state index contributed by atoms with van der Waals surface area (Å²) in [7, 11) is 0. The average Bonchev–Trinajstić information content (AvgIpc) is 3.24. The van der Waals surface area contributed by atoms with Crippen molar-refractivity contribution in [1.82, 2.24) is 4.57 Å². The Labute approximate surface area is 172 Å². The highest BCUT2D eigenvalue weighted by Crippen LogP contribution is 2.30. The van der Waals surface area contributed by atoms with Crippen molar-refractivity contribution in [2.45, 2.75) is 44.2 Å². The van der Waals surface area contributed by atoms with E-state index in [4.69, 9.17) is 4.74 Å². The van der Waals surface area contributed by atoms with Gasteiger partial charge >= 0.3 is 0 Å². The Kier molecular flexibility index (Phi) is 6.64. The molecule has 5 nitrogen and oxygen atoms in total. The van der Waals surface area contributed by atoms with Gasteiger partial charge in [0.1, 0.15) is 11.9 Å². The van der Waals surface area contributed by atoms with Gasteiger partial charge in [0.05, 0.1) is 24.0 Å². The van der Waals surface area contributed by atoms with Crippen LogP contribution in [0.15, 0.2) is 33.6 Å². The number of anilines is 1. The molecule has 0 radical (unpaired) electrons. The first kappa shape index (κ1) is 20.0. The van der Waals surface area contributed by atoms with Crippen LogP contribution in [0.1, 0.15) is 29.7 Å². The third-order valence-electron chi connectivity index (χ3n) is 4.80. The molecular weight excluding hydrogens is 426 g/mol. The first-order chi connectivity index (χ1) is 13.0. The van der Waals surface area contributed by atoms with E-state index in [0.29, 0.717) is 17.9 Å². The highest BCUT2D eigenvalue weighted by atomic mass is 79.9. The maximum absolute atomic E-state index is 12.6. The fraction of sp³-hybridized carbons (Fsp3) is 0.400. The Morgan fingerprint density at radius 1 is 1.44 bits per heavy atom. The van der Waals surface area contributed by atoms with Crippen molar-refractivity contribution in [1.29, 1.82) is 5.26 Å². The van der Waals surface area contributed by atoms with Gasteiger partial charge in [0.15, 0.2) is 0 Å². The summed E-state index contributed by atoms with van der Waals surface area (Å²) in [4.78, 5) is 13.6. The number of halogens is 1. The van der Waals surface area contributed by atoms with E-state index in [9.17, 15) is 10.1 Å². The first-order valence-corrected chi connectivity index (χ1v) is 10.7. The van der Waals surface area contributed by atoms with Crippen LogP contribution in [0, 0.1) is 25.2 Å². The molecule has 0 aliphatic carbocycles. The Balaban J connectivity index is 1.76. The lowest BCUT2D eigenvalue weighted by Crippen LogP contribution is -2.22. The molecule has 1 unspecified atom stereocenters. The lowest BCUT2D eigenvalue weighted by molar-refractivity contribution is -0.113. The quantitative estimate of drug-likeness (QED) is 0.654. The van der Waals surface area contributed by atoms with E-state index in [-0.39, 0.29) is 17.8 Å². The van der Waals surface area contributed by atoms with Crippen LogP contribution in [0.5, 0.6) is 0 Å². The van der Waals surface area contributed by atoms with Crippen LogP contribution in [0.4, 0.5) is 5.82 Å². The fourth-order valence-corrected chi connectivity index (χ4v) is 4.59. The van der Waals surface area contributed by atoms with Crippen molar-refractivity contribution < 1.29 is 9.53 Å². The normalized spacial score (nSPS) is 16.3. The van der Waals surface area contributed by atoms with Gasteiger partial charge in [-0.2, -0.15) is 5.26 Å². The van der Waals surface area contributed by atoms with Gasteiger partial charge in [-0.3, -0.25) is 4.79 Å². The molecule has 1 aliphatic heterocycles. The molecule has 0 spiro atoms. The van der Waals surface area contributed by atoms with Crippen LogP contribution in [-0.4, -0.2) is 28.9 Å². The van der Waals surface area contributed by atoms with Gasteiger partial charge in [0.2, 0.25) is 5.91 Å². The first-order valence-electron chi connectivity index (χ1n) is 8.89. The number of benzene rings is 1. The van der Waals surface area contributed by atoms with Crippen molar-refractivity contribution >= 4 is 39.4 Å². The summed E-state index contributed by atoms with van der Waals surface area (Å²) < 4.78 is 8.73. The number of nitrogens with zero attached hydrogens (tertiary/aromatic N) is 2. The van der Waals surface area contributed by atoms with E-state index in [2.05, 4.69) is 27.3 Å². The Morgan fingerprint density at radius 3 is 2.89 bits per heavy atom. The predicted molar refractivity (Wildman–Crippen MR) is 111 cm³/mol. The summed E-state index contributed by atoms with van der Waals surface area (Å²) in [6, 6.07) is 10.1. The molecule has 27 heavy (non-hydrogen) atoms. The highest BCUT2D eigenvalue weighted by Gasteiger charge is 2.24. The minimum absolute atomic E-state index is 0.127. The largest absolute Gasteiger partial charge is 0.376 e. The van der Waals surface area contributed by atoms with Crippen LogP contribution in [-0.2, 0) is 16.1 Å². The molecule has 1 N–H and O–H groups in total. The second-order valence-corrected chi connectivity index (χ2v) is 8.43. The van der Waals surface area contributed by atoms with E-state index >= 15 is 0 Å². The summed E-state index contributed by atoms with van der Waals surface area (Å²) in [5.41, 5.74) is 2.43. The lowest BCUT2D eigenvalue weighted by atomic mass is 10.2. The molecule has 1 aliphatic rings. The molecule has 2 heterocycles. The smallest absolute Gasteiger partial charge is 0.235 e. The van der Waals surface area contributed by atoms with E-state index in [1.807, 2.05) is 42.7 Å². The number of carbonyl (C=O) groups excluding carboxylic acids is 1. The van der Waals surface area contributed by atoms with Crippen LogP contribution in [0.25, 0.3) is 0 Å². The molecule has 3 rings (SSSR count). The minimum atomic E-state index is -0.127. The number of aromatic nitrogens is 1. The van der Waals surface area contributed by atoms with Gasteiger partial charge in [0.25, 0.3) is 0 Å². The number of nitriles is 1. The predicted octanol–water partition coefficient (Wildman–Crippen LogP) is 4.65. The molecule has 0 bridgehead atoms. The molecule has 1 fully saturated rings. The van der Waals surface area contributed by atoms with Crippen LogP contribution >= 0.6 is 27.7 Å². The number of amides is 1. The van der Waals surface area contributed by atoms with Crippen molar-refractivity contribution in [2.24, 2.45) is 0 Å². The summed E-state index contributed by atoms with van der Waals surface area (Å²) in [5.74, 6) is 0.732. The SMILES string of the molecule is Cc1c(C#N)c(NC(=O)CSc2ccccc2Br)n(CC2CCCO2)c1C. The summed E-state index contributed by atoms with van der Waals surface area (Å²) in [5, 5.41) is 12.6. The monoisotopic (exact) mass is 447 g/mol. The third kappa shape index (κ3) is 4.57. The van der Waals surface area contributed by atoms with Gasteiger partial charge in [-0.1, -0.05) is 12.1 Å². The topological polar surface area (TPSA) is 67.0 Å². The molecular formula is C20H22BrN3O2S. The Morgan fingerprint density at radius 2 is 2.22 bits per heavy atom. The molecule has 0 saturated carbocycles. The average molecular weight is 448 g/mol. The zero-order chi connectivity index (χ0) is 19.4. The number of thioether (sulfide) groups is 1. The maximum atomic E-state index is 12.6. The van der Waals surface area contributed by atoms with Crippen molar-refractivity contribution in [2.75, 3.05) is 17.7 Å². The van der Waals surface area contributed by atoms with E-state index in [1.54, 1.807) is 0 Å². The molecule has 1 atom stereocenters. The fourth-order valence-electron chi connectivity index (χ4n) is 3.22. The summed E-state index contributed by atoms with van der Waals surface area (Å²) >= 11 is 4.96. The van der Waals surface area contributed by atoms with Crippen molar-refractivity contribution in [3.63, 3.8) is 0 Å². The zero-order valence-electron chi connectivity index (χ0n) is 15.4. The number of hydrogen-bond donors (Lipinski definition) is 1. The molecule has 142 valence electrons. The number of nitrogens with one attached hydrogen (secondary N) is 1. The molecule has 1 aromatic heterocycles. The molecule has 2 aromatic rings. The van der Waals surface area contributed by atoms with Crippen LogP contribution in [0.3, 0.4) is 0 Å². The second kappa shape index (κ2) is 8.96. The van der Waals surface area contributed by atoms with E-state index in [1.165, 1.54) is 11.8 Å². The minimum Gasteiger partial charge on any atom is -0.376 e. The second-order valence-electron chi connectivity index (χ2n) is 6.56. The van der Waals surface area contributed by atoms with Gasteiger partial charge in [-0.15, -0.1) is 11.8 Å². The Hall–Kier alpha value is -1.75. The number of rotatable bonds is 6. The van der Waals surface area contributed by atoms with Gasteiger partial charge in [0, 0.05) is 21.7 Å². The molecule has 7 heteroatoms. The maximum Gasteiger partial charge on any atom is 0.235 e. The summed E-state index contributed by atoms with van der Waals surface area (Å²) in [6.45, 7) is 5.34. The lowest BCUT2D eigenvalue weighted by Gasteiger charge is -2.17. The van der Waals surface area contributed by atoms with E-state index in [0.717, 1.165) is 40.1 Å². The van der Waals surface area contributed by atoms with Gasteiger partial charge < -0.3 is 14.6 Å². The zero-order valence-corrected chi connectivity index (χ0v) is 17.8. The number of ether oxygens (including phenoxy) is 1. The van der Waals surface area contributed by atoms with E-state index < -0.39 is 0 Å². The number of hydrogen-bond acceptors (Lipinski definition) is 4. The molecule has 1 amide bonds. The van der Waals surface area contributed by atoms with Gasteiger partial charge in [-0.05, 0) is 60.3 Å². The third-order valence-corrected chi connectivity index (χ3v) is 6.83. The van der Waals surface area contributed by atoms with Crippen molar-refractivity contribution in [3.8, 4) is 6.07 Å². The molecule has 1 saturated heterocycles. The molecule has 1 aromatic carbocycles. The highest BCUT2D eigenvalue weighted by molar-refractivity contribution is 9.10. The van der Waals surface area contributed by atoms with Crippen molar-refractivity contribution in [3.05, 3.63) is 45.6 Å². The van der Waals surface area contributed by atoms with Gasteiger partial charge in [-0.25, -0.2) is 0 Å². The summed E-state index contributed by atoms with van der Waals surface area (Å²) in [6.07, 6.45) is 2.19. The standard InChI is InChI=1S/C20H22BrN3O2S/c1-13-14(2)24(11-15-6-5-9-26-15)20(16(13)10-22)23-19(25)12-27-18-8-4-3-7-17(18)21/h3-4,7-8,15H,5-6,9,11-12H2,1-2H3,(H,23,25). The number of carbonyl (C=O) groups is 1. The van der Waals surface area contributed by atoms with Crippen LogP contribution < -0.4 is 5.32 Å².